The molecule has 5 unspecified atom stereocenters. The Labute approximate surface area is 110 Å². The Morgan fingerprint density at radius 2 is 2.06 bits per heavy atom. The summed E-state index contributed by atoms with van der Waals surface area (Å²) in [7, 11) is -2.79. The third kappa shape index (κ3) is 2.45. The lowest BCUT2D eigenvalue weighted by molar-refractivity contribution is 0.245. The van der Waals surface area contributed by atoms with E-state index in [0.29, 0.717) is 11.5 Å². The van der Waals surface area contributed by atoms with E-state index in [4.69, 9.17) is 5.84 Å². The van der Waals surface area contributed by atoms with E-state index in [9.17, 15) is 8.42 Å². The van der Waals surface area contributed by atoms with Crippen molar-refractivity contribution in [3.05, 3.63) is 0 Å². The summed E-state index contributed by atoms with van der Waals surface area (Å²) in [4.78, 5) is 0. The molecule has 3 aliphatic rings. The van der Waals surface area contributed by atoms with Gasteiger partial charge in [-0.25, -0.2) is 8.42 Å². The van der Waals surface area contributed by atoms with Gasteiger partial charge in [0.15, 0.2) is 9.84 Å². The van der Waals surface area contributed by atoms with Gasteiger partial charge in [0.25, 0.3) is 0 Å². The Morgan fingerprint density at radius 1 is 1.22 bits per heavy atom. The third-order valence-electron chi connectivity index (χ3n) is 5.49. The van der Waals surface area contributed by atoms with E-state index in [1.165, 1.54) is 25.7 Å². The average molecular weight is 272 g/mol. The number of rotatable bonds is 4. The summed E-state index contributed by atoms with van der Waals surface area (Å²) in [5, 5.41) is 0. The number of nitrogens with two attached hydrogens (primary N) is 1. The van der Waals surface area contributed by atoms with E-state index in [1.807, 2.05) is 0 Å². The van der Waals surface area contributed by atoms with Gasteiger partial charge < -0.3 is 0 Å². The van der Waals surface area contributed by atoms with Gasteiger partial charge in [0, 0.05) is 6.04 Å². The summed E-state index contributed by atoms with van der Waals surface area (Å²) in [5.74, 6) is 9.23. The Balaban J connectivity index is 1.60. The monoisotopic (exact) mass is 272 g/mol. The van der Waals surface area contributed by atoms with Crippen LogP contribution in [0.1, 0.15) is 38.5 Å². The van der Waals surface area contributed by atoms with Crippen molar-refractivity contribution in [3.8, 4) is 0 Å². The van der Waals surface area contributed by atoms with Crippen molar-refractivity contribution in [1.82, 2.24) is 5.43 Å². The van der Waals surface area contributed by atoms with Crippen LogP contribution in [-0.2, 0) is 9.84 Å². The largest absolute Gasteiger partial charge is 0.271 e. The molecule has 0 amide bonds. The molecule has 2 aliphatic carbocycles. The zero-order valence-electron chi connectivity index (χ0n) is 10.8. The van der Waals surface area contributed by atoms with E-state index < -0.39 is 9.84 Å². The van der Waals surface area contributed by atoms with E-state index in [2.05, 4.69) is 5.43 Å². The van der Waals surface area contributed by atoms with Gasteiger partial charge in [-0.3, -0.25) is 11.3 Å². The minimum Gasteiger partial charge on any atom is -0.271 e. The molecule has 0 aromatic carbocycles. The number of fused-ring (bicyclic) bond motifs is 2. The molecule has 1 heterocycles. The standard InChI is InChI=1S/C13H24N2O2S/c14-15-13(11-3-4-18(16,17)8-11)7-12-6-9-1-2-10(12)5-9/h9-13,15H,1-8,14H2. The fraction of sp³-hybridized carbons (Fsp3) is 1.00. The molecular weight excluding hydrogens is 248 g/mol. The lowest BCUT2D eigenvalue weighted by atomic mass is 9.81. The molecule has 2 bridgehead atoms. The lowest BCUT2D eigenvalue weighted by Crippen LogP contribution is -2.43. The van der Waals surface area contributed by atoms with Crippen LogP contribution in [0.3, 0.4) is 0 Å². The first-order valence-electron chi connectivity index (χ1n) is 7.24. The molecule has 3 fully saturated rings. The quantitative estimate of drug-likeness (QED) is 0.593. The van der Waals surface area contributed by atoms with Gasteiger partial charge in [0.05, 0.1) is 11.5 Å². The van der Waals surface area contributed by atoms with Gasteiger partial charge in [-0.15, -0.1) is 0 Å². The normalized spacial score (nSPS) is 43.4. The summed E-state index contributed by atoms with van der Waals surface area (Å²) in [6, 6.07) is 0.201. The number of hydrazine groups is 1. The van der Waals surface area contributed by atoms with Gasteiger partial charge >= 0.3 is 0 Å². The minimum absolute atomic E-state index is 0.201. The minimum atomic E-state index is -2.79. The topological polar surface area (TPSA) is 72.2 Å². The lowest BCUT2D eigenvalue weighted by Gasteiger charge is -2.29. The molecule has 1 aliphatic heterocycles. The van der Waals surface area contributed by atoms with Crippen molar-refractivity contribution < 1.29 is 8.42 Å². The molecule has 0 spiro atoms. The highest BCUT2D eigenvalue weighted by Crippen LogP contribution is 2.50. The smallest absolute Gasteiger partial charge is 0.150 e. The highest BCUT2D eigenvalue weighted by Gasteiger charge is 2.42. The first kappa shape index (κ1) is 12.9. The molecule has 3 rings (SSSR count). The second-order valence-electron chi connectivity index (χ2n) is 6.61. The van der Waals surface area contributed by atoms with Gasteiger partial charge in [-0.1, -0.05) is 6.42 Å². The Kier molecular flexibility index (Phi) is 3.41. The van der Waals surface area contributed by atoms with Crippen molar-refractivity contribution in [2.45, 2.75) is 44.6 Å². The van der Waals surface area contributed by atoms with E-state index >= 15 is 0 Å². The third-order valence-corrected chi connectivity index (χ3v) is 7.29. The van der Waals surface area contributed by atoms with Crippen LogP contribution in [0.15, 0.2) is 0 Å². The number of nitrogens with one attached hydrogen (secondary N) is 1. The molecule has 2 saturated carbocycles. The molecule has 0 aromatic heterocycles. The van der Waals surface area contributed by atoms with Crippen molar-refractivity contribution in [2.75, 3.05) is 11.5 Å². The van der Waals surface area contributed by atoms with E-state index in [0.717, 1.165) is 30.6 Å². The van der Waals surface area contributed by atoms with Crippen LogP contribution in [-0.4, -0.2) is 26.0 Å². The van der Waals surface area contributed by atoms with Crippen molar-refractivity contribution >= 4 is 9.84 Å². The van der Waals surface area contributed by atoms with Crippen molar-refractivity contribution in [3.63, 3.8) is 0 Å². The first-order chi connectivity index (χ1) is 8.57. The molecule has 4 nitrogen and oxygen atoms in total. The molecule has 18 heavy (non-hydrogen) atoms. The van der Waals surface area contributed by atoms with Crippen LogP contribution < -0.4 is 11.3 Å². The number of sulfone groups is 1. The molecule has 1 saturated heterocycles. The molecular formula is C13H24N2O2S. The maximum absolute atomic E-state index is 11.6. The highest BCUT2D eigenvalue weighted by atomic mass is 32.2. The Morgan fingerprint density at radius 3 is 2.56 bits per heavy atom. The predicted molar refractivity (Wildman–Crippen MR) is 71.4 cm³/mol. The molecule has 5 atom stereocenters. The maximum Gasteiger partial charge on any atom is 0.150 e. The van der Waals surface area contributed by atoms with Gasteiger partial charge in [0.2, 0.25) is 0 Å². The summed E-state index contributed by atoms with van der Waals surface area (Å²) < 4.78 is 23.1. The molecule has 5 heteroatoms. The van der Waals surface area contributed by atoms with Crippen LogP contribution in [0, 0.1) is 23.7 Å². The van der Waals surface area contributed by atoms with E-state index in [1.54, 1.807) is 0 Å². The van der Waals surface area contributed by atoms with Crippen LogP contribution in [0.25, 0.3) is 0 Å². The highest BCUT2D eigenvalue weighted by molar-refractivity contribution is 7.91. The van der Waals surface area contributed by atoms with Crippen molar-refractivity contribution in [2.24, 2.45) is 29.5 Å². The second-order valence-corrected chi connectivity index (χ2v) is 8.84. The fourth-order valence-electron chi connectivity index (χ4n) is 4.53. The maximum atomic E-state index is 11.6. The van der Waals surface area contributed by atoms with Gasteiger partial charge in [-0.05, 0) is 55.8 Å². The molecule has 104 valence electrons. The van der Waals surface area contributed by atoms with Crippen LogP contribution in [0.2, 0.25) is 0 Å². The SMILES string of the molecule is NNC(CC1CC2CCC1C2)C1CCS(=O)(=O)C1. The van der Waals surface area contributed by atoms with Crippen LogP contribution in [0.5, 0.6) is 0 Å². The molecule has 3 N–H and O–H groups in total. The van der Waals surface area contributed by atoms with Crippen molar-refractivity contribution in [1.29, 1.82) is 0 Å². The summed E-state index contributed by atoms with van der Waals surface area (Å²) in [6.07, 6.45) is 7.43. The second kappa shape index (κ2) is 4.76. The summed E-state index contributed by atoms with van der Waals surface area (Å²) in [5.41, 5.74) is 2.90. The molecule has 0 radical (unpaired) electrons. The Hall–Kier alpha value is -0.130. The summed E-state index contributed by atoms with van der Waals surface area (Å²) in [6.45, 7) is 0. The average Bonchev–Trinajstić information content (AvgIpc) is 3.00. The first-order valence-corrected chi connectivity index (χ1v) is 9.06. The summed E-state index contributed by atoms with van der Waals surface area (Å²) >= 11 is 0. The zero-order valence-corrected chi connectivity index (χ0v) is 11.7. The Bertz CT molecular complexity index is 409. The predicted octanol–water partition coefficient (Wildman–Crippen LogP) is 1.08. The van der Waals surface area contributed by atoms with E-state index in [-0.39, 0.29) is 12.0 Å². The van der Waals surface area contributed by atoms with Crippen LogP contribution >= 0.6 is 0 Å². The van der Waals surface area contributed by atoms with Gasteiger partial charge in [0.1, 0.15) is 0 Å². The van der Waals surface area contributed by atoms with Gasteiger partial charge in [-0.2, -0.15) is 0 Å². The fourth-order valence-corrected chi connectivity index (χ4v) is 6.41. The zero-order chi connectivity index (χ0) is 12.8. The number of hydrogen-bond acceptors (Lipinski definition) is 4. The molecule has 0 aromatic rings. The van der Waals surface area contributed by atoms with Crippen LogP contribution in [0.4, 0.5) is 0 Å². The number of hydrogen-bond donors (Lipinski definition) is 2.